The molecule has 3 atom stereocenters. The van der Waals surface area contributed by atoms with Crippen molar-refractivity contribution in [1.82, 2.24) is 36.7 Å². The molecular formula is C36H45N7O14S3. The van der Waals surface area contributed by atoms with Crippen LogP contribution >= 0.6 is 33.3 Å². The molecule has 0 aromatic heterocycles. The lowest BCUT2D eigenvalue weighted by molar-refractivity contribution is -0.198. The second kappa shape index (κ2) is 23.0. The highest BCUT2D eigenvalue weighted by Crippen LogP contribution is 2.33. The predicted molar refractivity (Wildman–Crippen MR) is 214 cm³/mol. The first kappa shape index (κ1) is 45.8. The Morgan fingerprint density at radius 2 is 1.23 bits per heavy atom. The number of ether oxygens (including phenoxy) is 2. The molecule has 4 aliphatic rings. The Balaban J connectivity index is 0.955. The Bertz CT molecular complexity index is 1730. The maximum absolute atomic E-state index is 13.0. The Morgan fingerprint density at radius 1 is 0.683 bits per heavy atom. The summed E-state index contributed by atoms with van der Waals surface area (Å²) >= 11 is 1.86. The van der Waals surface area contributed by atoms with Crippen LogP contribution in [-0.2, 0) is 48.0 Å². The Morgan fingerprint density at radius 3 is 1.85 bits per heavy atom. The smallest absolute Gasteiger partial charge is 0.370 e. The van der Waals surface area contributed by atoms with Gasteiger partial charge in [0.1, 0.15) is 11.5 Å². The monoisotopic (exact) mass is 895 g/mol. The van der Waals surface area contributed by atoms with Crippen molar-refractivity contribution >= 4 is 92.7 Å². The van der Waals surface area contributed by atoms with E-state index >= 15 is 0 Å². The van der Waals surface area contributed by atoms with Crippen LogP contribution in [0.2, 0.25) is 0 Å². The van der Waals surface area contributed by atoms with Crippen LogP contribution in [0.15, 0.2) is 18.2 Å². The maximum Gasteiger partial charge on any atom is 0.370 e. The molecule has 1 aromatic carbocycles. The summed E-state index contributed by atoms with van der Waals surface area (Å²) in [5, 5.41) is 15.2. The number of hydrogen-bond acceptors (Lipinski definition) is 17. The molecule has 9 amide bonds. The van der Waals surface area contributed by atoms with Crippen molar-refractivity contribution < 1.29 is 67.1 Å². The van der Waals surface area contributed by atoms with Crippen LogP contribution in [0.1, 0.15) is 68.1 Å². The van der Waals surface area contributed by atoms with Gasteiger partial charge in [-0.05, 0) is 25.0 Å². The number of carbonyl (C=O) groups is 10. The fourth-order valence-corrected chi connectivity index (χ4v) is 9.58. The van der Waals surface area contributed by atoms with Gasteiger partial charge >= 0.3 is 18.0 Å². The Labute approximate surface area is 355 Å². The second-order valence-electron chi connectivity index (χ2n) is 13.6. The van der Waals surface area contributed by atoms with Crippen LogP contribution in [0.5, 0.6) is 11.5 Å². The van der Waals surface area contributed by atoms with E-state index in [0.29, 0.717) is 39.8 Å². The number of nitrogens with zero attached hydrogens (tertiary/aromatic N) is 2. The summed E-state index contributed by atoms with van der Waals surface area (Å²) in [6.07, 6.45) is 2.90. The van der Waals surface area contributed by atoms with Crippen molar-refractivity contribution in [1.29, 1.82) is 0 Å². The minimum Gasteiger partial charge on any atom is -0.482 e. The van der Waals surface area contributed by atoms with Crippen LogP contribution in [0.4, 0.5) is 4.79 Å². The number of amides is 9. The fourth-order valence-electron chi connectivity index (χ4n) is 6.14. The van der Waals surface area contributed by atoms with Crippen molar-refractivity contribution in [3.05, 3.63) is 23.8 Å². The first-order valence-corrected chi connectivity index (χ1v) is 22.7. The topological polar surface area (TPSA) is 274 Å². The van der Waals surface area contributed by atoms with Crippen LogP contribution in [0, 0.1) is 0 Å². The molecule has 0 spiro atoms. The van der Waals surface area contributed by atoms with Gasteiger partial charge in [0.15, 0.2) is 13.2 Å². The van der Waals surface area contributed by atoms with Crippen LogP contribution < -0.4 is 36.1 Å². The van der Waals surface area contributed by atoms with Crippen molar-refractivity contribution in [3.8, 4) is 11.5 Å². The quantitative estimate of drug-likeness (QED) is 0.0399. The number of hydrogen-bond donors (Lipinski definition) is 5. The molecule has 4 heterocycles. The number of urea groups is 1. The van der Waals surface area contributed by atoms with Crippen molar-refractivity contribution in [2.24, 2.45) is 0 Å². The standard InChI is InChI=1S/C36H45N7O14S3/c44-26(4-2-1-3-25-34-24(20-58-25)40-36(53)41-34)38-12-14-60-59-13-9-27(45)37-10-11-39-35(52)21-15-22(54-18-32(50)56-42-28(46)5-6-29(42)47)17-23(16-21)55-19-33(51)57-43-30(48)7-8-31(43)49/h15-17,24-25,34H,1-14,18-20H2,(H,37,45)(H,38,44)(H,39,52)(H2,40,41,53)/t24-,25-,34-/m0/s1. The van der Waals surface area contributed by atoms with E-state index in [4.69, 9.17) is 19.1 Å². The van der Waals surface area contributed by atoms with Gasteiger partial charge in [0, 0.05) is 92.3 Å². The van der Waals surface area contributed by atoms with Crippen LogP contribution in [-0.4, -0.2) is 137 Å². The van der Waals surface area contributed by atoms with E-state index in [1.165, 1.54) is 39.8 Å². The zero-order valence-corrected chi connectivity index (χ0v) is 34.8. The summed E-state index contributed by atoms with van der Waals surface area (Å²) < 4.78 is 10.8. The molecular weight excluding hydrogens is 851 g/mol. The zero-order chi connectivity index (χ0) is 43.0. The molecule has 4 saturated heterocycles. The van der Waals surface area contributed by atoms with Crippen LogP contribution in [0.3, 0.4) is 0 Å². The number of carbonyl (C=O) groups excluding carboxylic acids is 10. The molecule has 5 N–H and O–H groups in total. The van der Waals surface area contributed by atoms with Crippen molar-refractivity contribution in [2.45, 2.75) is 75.1 Å². The Hall–Kier alpha value is -5.23. The first-order chi connectivity index (χ1) is 28.9. The van der Waals surface area contributed by atoms with E-state index in [1.807, 2.05) is 11.8 Å². The summed E-state index contributed by atoms with van der Waals surface area (Å²) in [5.41, 5.74) is -0.0503. The lowest BCUT2D eigenvalue weighted by atomic mass is 10.0. The van der Waals surface area contributed by atoms with Crippen molar-refractivity contribution in [2.75, 3.05) is 50.1 Å². The summed E-state index contributed by atoms with van der Waals surface area (Å²) in [5.74, 6) is -3.92. The van der Waals surface area contributed by atoms with Gasteiger partial charge in [0.2, 0.25) is 11.8 Å². The highest BCUT2D eigenvalue weighted by atomic mass is 33.1. The molecule has 1 aromatic rings. The minimum absolute atomic E-state index is 0.00181. The van der Waals surface area contributed by atoms with Gasteiger partial charge in [-0.3, -0.25) is 33.6 Å². The Kier molecular flexibility index (Phi) is 17.5. The minimum atomic E-state index is -1.09. The molecule has 0 bridgehead atoms. The average Bonchev–Trinajstić information content (AvgIpc) is 3.96. The number of unbranched alkanes of at least 4 members (excludes halogenated alkanes) is 1. The number of imide groups is 2. The fraction of sp³-hybridized carbons (Fsp3) is 0.556. The molecule has 326 valence electrons. The number of rotatable bonds is 24. The van der Waals surface area contributed by atoms with E-state index < -0.39 is 54.7 Å². The SMILES string of the molecule is O=C(CCCC[C@@H]1SC[C@@H]2NC(=O)N[C@@H]21)NCCSSCCC(=O)NCCNC(=O)c1cc(OCC(=O)ON2C(=O)CCC2=O)cc(OCC(=O)ON2C(=O)CCC2=O)c1. The highest BCUT2D eigenvalue weighted by Gasteiger charge is 2.42. The maximum atomic E-state index is 13.0. The zero-order valence-electron chi connectivity index (χ0n) is 32.3. The molecule has 0 radical (unpaired) electrons. The molecule has 0 unspecified atom stereocenters. The van der Waals surface area contributed by atoms with E-state index in [-0.39, 0.29) is 92.2 Å². The third kappa shape index (κ3) is 14.2. The molecule has 0 aliphatic carbocycles. The number of thioether (sulfide) groups is 1. The van der Waals surface area contributed by atoms with Gasteiger partial charge in [-0.1, -0.05) is 28.0 Å². The third-order valence-corrected chi connectivity index (χ3v) is 13.0. The summed E-state index contributed by atoms with van der Waals surface area (Å²) in [6.45, 7) is -0.936. The predicted octanol–water partition coefficient (Wildman–Crippen LogP) is 0.118. The molecule has 21 nitrogen and oxygen atoms in total. The number of benzene rings is 1. The molecule has 0 saturated carbocycles. The average molecular weight is 896 g/mol. The molecule has 4 aliphatic heterocycles. The summed E-state index contributed by atoms with van der Waals surface area (Å²) in [6, 6.07) is 3.96. The van der Waals surface area contributed by atoms with E-state index in [9.17, 15) is 47.9 Å². The van der Waals surface area contributed by atoms with Gasteiger partial charge in [0.25, 0.3) is 29.5 Å². The molecule has 4 fully saturated rings. The summed E-state index contributed by atoms with van der Waals surface area (Å²) in [4.78, 5) is 130. The van der Waals surface area contributed by atoms with Gasteiger partial charge in [0.05, 0.1) is 12.1 Å². The lowest BCUT2D eigenvalue weighted by Crippen LogP contribution is -2.36. The second-order valence-corrected chi connectivity index (χ2v) is 17.6. The molecule has 24 heteroatoms. The lowest BCUT2D eigenvalue weighted by Gasteiger charge is -2.16. The summed E-state index contributed by atoms with van der Waals surface area (Å²) in [7, 11) is 3.04. The molecule has 60 heavy (non-hydrogen) atoms. The first-order valence-electron chi connectivity index (χ1n) is 19.1. The van der Waals surface area contributed by atoms with Gasteiger partial charge in [-0.25, -0.2) is 14.4 Å². The number of nitrogens with one attached hydrogen (secondary N) is 5. The number of fused-ring (bicyclic) bond motifs is 1. The number of hydroxylamine groups is 4. The van der Waals surface area contributed by atoms with Crippen LogP contribution in [0.25, 0.3) is 0 Å². The van der Waals surface area contributed by atoms with Gasteiger partial charge in [-0.2, -0.15) is 11.8 Å². The third-order valence-electron chi connectivity index (χ3n) is 9.07. The largest absolute Gasteiger partial charge is 0.482 e. The van der Waals surface area contributed by atoms with E-state index in [2.05, 4.69) is 26.6 Å². The van der Waals surface area contributed by atoms with E-state index in [1.54, 1.807) is 0 Å². The molecule has 5 rings (SSSR count). The van der Waals surface area contributed by atoms with Crippen molar-refractivity contribution in [3.63, 3.8) is 0 Å². The normalized spacial score (nSPS) is 19.4. The van der Waals surface area contributed by atoms with Gasteiger partial charge < -0.3 is 45.7 Å². The highest BCUT2D eigenvalue weighted by molar-refractivity contribution is 8.76. The van der Waals surface area contributed by atoms with Gasteiger partial charge in [-0.15, -0.1) is 10.1 Å². The van der Waals surface area contributed by atoms with E-state index in [0.717, 1.165) is 25.0 Å².